The molecule has 2 aliphatic rings. The van der Waals surface area contributed by atoms with Gasteiger partial charge >= 0.3 is 6.18 Å². The second-order valence-corrected chi connectivity index (χ2v) is 10.1. The lowest BCUT2D eigenvalue weighted by atomic mass is 10.1. The van der Waals surface area contributed by atoms with Gasteiger partial charge in [-0.2, -0.15) is 28.3 Å². The number of carbonyl (C=O) groups is 1. The quantitative estimate of drug-likeness (QED) is 0.189. The van der Waals surface area contributed by atoms with E-state index in [1.807, 2.05) is 24.3 Å². The molecular formula is C29H31F3N4O5S. The first-order valence-corrected chi connectivity index (χ1v) is 14.3. The van der Waals surface area contributed by atoms with Crippen molar-refractivity contribution in [2.75, 3.05) is 26.4 Å². The second kappa shape index (κ2) is 14.3. The third-order valence-corrected chi connectivity index (χ3v) is 6.93. The molecular weight excluding hydrogens is 573 g/mol. The van der Waals surface area contributed by atoms with Gasteiger partial charge < -0.3 is 18.9 Å². The van der Waals surface area contributed by atoms with Gasteiger partial charge in [-0.15, -0.1) is 0 Å². The predicted octanol–water partition coefficient (Wildman–Crippen LogP) is 6.68. The smallest absolute Gasteiger partial charge is 0.441 e. The molecule has 0 saturated carbocycles. The zero-order valence-corrected chi connectivity index (χ0v) is 24.0. The number of carbonyl (C=O) groups excluding carboxylic acids is 1. The van der Waals surface area contributed by atoms with Crippen LogP contribution in [0.2, 0.25) is 0 Å². The summed E-state index contributed by atoms with van der Waals surface area (Å²) in [6, 6.07) is 12.3. The number of hydrazone groups is 1. The fraction of sp³-hybridized carbons (Fsp3) is 0.379. The monoisotopic (exact) mass is 604 g/mol. The van der Waals surface area contributed by atoms with E-state index >= 15 is 0 Å². The molecule has 0 unspecified atom stereocenters. The Morgan fingerprint density at radius 1 is 0.905 bits per heavy atom. The van der Waals surface area contributed by atoms with E-state index in [1.165, 1.54) is 18.9 Å². The molecule has 1 amide bonds. The van der Waals surface area contributed by atoms with Crippen molar-refractivity contribution in [3.05, 3.63) is 53.6 Å². The van der Waals surface area contributed by atoms with E-state index in [1.54, 1.807) is 25.1 Å². The molecule has 0 saturated heterocycles. The Bertz CT molecular complexity index is 1380. The lowest BCUT2D eigenvalue weighted by molar-refractivity contribution is -0.114. The van der Waals surface area contributed by atoms with Crippen LogP contribution < -0.4 is 18.9 Å². The summed E-state index contributed by atoms with van der Waals surface area (Å²) in [5.41, 5.74) is 0.261. The number of ether oxygens (including phenoxy) is 4. The summed E-state index contributed by atoms with van der Waals surface area (Å²) < 4.78 is 62.2. The minimum Gasteiger partial charge on any atom is -0.494 e. The van der Waals surface area contributed by atoms with Crippen molar-refractivity contribution in [2.45, 2.75) is 45.7 Å². The molecule has 0 fully saturated rings. The van der Waals surface area contributed by atoms with Crippen LogP contribution in [-0.4, -0.2) is 59.6 Å². The molecule has 0 aliphatic carbocycles. The van der Waals surface area contributed by atoms with Gasteiger partial charge in [0.15, 0.2) is 17.3 Å². The SMILES string of the molecule is CCCCCCOc1ccc(OCCOc2ccc(/C=C3/C(=N)N4N=C(C(F)(F)F)SC4=NC3=O)cc2OCC)cc1. The Kier molecular flexibility index (Phi) is 10.5. The van der Waals surface area contributed by atoms with Crippen LogP contribution in [0.15, 0.2) is 58.1 Å². The summed E-state index contributed by atoms with van der Waals surface area (Å²) >= 11 is 0.201. The predicted molar refractivity (Wildman–Crippen MR) is 156 cm³/mol. The van der Waals surface area contributed by atoms with Crippen molar-refractivity contribution in [1.82, 2.24) is 5.01 Å². The summed E-state index contributed by atoms with van der Waals surface area (Å²) in [5.74, 6) is 0.966. The summed E-state index contributed by atoms with van der Waals surface area (Å²) in [4.78, 5) is 16.2. The van der Waals surface area contributed by atoms with Crippen LogP contribution in [-0.2, 0) is 4.79 Å². The first-order chi connectivity index (χ1) is 20.2. The zero-order chi connectivity index (χ0) is 30.1. The average molecular weight is 605 g/mol. The van der Waals surface area contributed by atoms with Crippen molar-refractivity contribution in [3.63, 3.8) is 0 Å². The van der Waals surface area contributed by atoms with Crippen LogP contribution in [0.5, 0.6) is 23.0 Å². The number of benzene rings is 2. The molecule has 0 aromatic heterocycles. The Morgan fingerprint density at radius 2 is 1.60 bits per heavy atom. The molecule has 9 nitrogen and oxygen atoms in total. The fourth-order valence-corrected chi connectivity index (χ4v) is 4.70. The van der Waals surface area contributed by atoms with E-state index in [4.69, 9.17) is 24.4 Å². The number of amidine groups is 2. The topological polar surface area (TPSA) is 106 Å². The number of hydrogen-bond donors (Lipinski definition) is 1. The van der Waals surface area contributed by atoms with Crippen molar-refractivity contribution < 1.29 is 36.9 Å². The largest absolute Gasteiger partial charge is 0.494 e. The highest BCUT2D eigenvalue weighted by Gasteiger charge is 2.46. The Hall–Kier alpha value is -4.00. The zero-order valence-electron chi connectivity index (χ0n) is 23.2. The molecule has 1 N–H and O–H groups in total. The maximum Gasteiger partial charge on any atom is 0.441 e. The Balaban J connectivity index is 1.34. The van der Waals surface area contributed by atoms with Gasteiger partial charge in [0.05, 0.1) is 18.8 Å². The van der Waals surface area contributed by atoms with Gasteiger partial charge in [-0.1, -0.05) is 32.3 Å². The third-order valence-electron chi connectivity index (χ3n) is 5.98. The minimum atomic E-state index is -4.71. The summed E-state index contributed by atoms with van der Waals surface area (Å²) in [6.45, 7) is 5.50. The molecule has 13 heteroatoms. The van der Waals surface area contributed by atoms with Gasteiger partial charge in [-0.05, 0) is 73.1 Å². The standard InChI is InChI=1S/C29H31F3N4O5S/c1-3-5-6-7-14-39-20-9-11-21(12-10-20)40-15-16-41-23-13-8-19(18-24(23)38-4-2)17-22-25(33)36-28(34-26(22)37)42-27(35-36)29(30,31)32/h8-13,17-18,33H,3-7,14-16H2,1-2H3/b22-17-,33-25?. The number of amides is 1. The summed E-state index contributed by atoms with van der Waals surface area (Å²) in [7, 11) is 0. The lowest BCUT2D eigenvalue weighted by Crippen LogP contribution is -2.35. The molecule has 0 spiro atoms. The second-order valence-electron chi connectivity index (χ2n) is 9.14. The Labute approximate surface area is 245 Å². The number of unbranched alkanes of at least 4 members (excludes halogenated alkanes) is 3. The van der Waals surface area contributed by atoms with Crippen LogP contribution in [0.1, 0.15) is 45.1 Å². The van der Waals surface area contributed by atoms with Gasteiger partial charge in [0.1, 0.15) is 24.7 Å². The van der Waals surface area contributed by atoms with E-state index in [-0.39, 0.29) is 35.7 Å². The highest BCUT2D eigenvalue weighted by molar-refractivity contribution is 8.27. The Morgan fingerprint density at radius 3 is 2.26 bits per heavy atom. The van der Waals surface area contributed by atoms with Crippen LogP contribution in [0, 0.1) is 5.41 Å². The molecule has 42 heavy (non-hydrogen) atoms. The number of aliphatic imine (C=N–C) groups is 1. The maximum atomic E-state index is 13.1. The van der Waals surface area contributed by atoms with E-state index < -0.39 is 23.0 Å². The van der Waals surface area contributed by atoms with Crippen LogP contribution in [0.4, 0.5) is 13.2 Å². The molecule has 0 bridgehead atoms. The van der Waals surface area contributed by atoms with Crippen molar-refractivity contribution >= 4 is 39.8 Å². The highest BCUT2D eigenvalue weighted by Crippen LogP contribution is 2.36. The number of nitrogens with one attached hydrogen (secondary N) is 1. The minimum absolute atomic E-state index is 0.201. The fourth-order valence-electron chi connectivity index (χ4n) is 3.94. The number of fused-ring (bicyclic) bond motifs is 1. The average Bonchev–Trinajstić information content (AvgIpc) is 3.40. The number of nitrogens with zero attached hydrogens (tertiary/aromatic N) is 3. The molecule has 2 aliphatic heterocycles. The van der Waals surface area contributed by atoms with E-state index in [9.17, 15) is 18.0 Å². The molecule has 224 valence electrons. The summed E-state index contributed by atoms with van der Waals surface area (Å²) in [6.07, 6.45) is 1.23. The number of alkyl halides is 3. The van der Waals surface area contributed by atoms with Gasteiger partial charge in [0.2, 0.25) is 10.2 Å². The number of halogens is 3. The molecule has 2 aromatic carbocycles. The van der Waals surface area contributed by atoms with Gasteiger partial charge in [0, 0.05) is 0 Å². The number of thioether (sulfide) groups is 1. The number of rotatable bonds is 14. The van der Waals surface area contributed by atoms with Crippen LogP contribution >= 0.6 is 11.8 Å². The van der Waals surface area contributed by atoms with Crippen LogP contribution in [0.3, 0.4) is 0 Å². The van der Waals surface area contributed by atoms with E-state index in [0.29, 0.717) is 41.0 Å². The van der Waals surface area contributed by atoms with Crippen molar-refractivity contribution in [2.24, 2.45) is 10.1 Å². The van der Waals surface area contributed by atoms with Gasteiger partial charge in [-0.3, -0.25) is 10.2 Å². The van der Waals surface area contributed by atoms with Crippen LogP contribution in [0.25, 0.3) is 6.08 Å². The molecule has 2 heterocycles. The number of hydrogen-bond acceptors (Lipinski definition) is 8. The van der Waals surface area contributed by atoms with Gasteiger partial charge in [0.25, 0.3) is 5.91 Å². The van der Waals surface area contributed by atoms with Crippen molar-refractivity contribution in [1.29, 1.82) is 5.41 Å². The molecule has 4 rings (SSSR count). The third kappa shape index (κ3) is 8.05. The first-order valence-electron chi connectivity index (χ1n) is 13.5. The summed E-state index contributed by atoms with van der Waals surface area (Å²) in [5, 5.41) is 10.9. The molecule has 2 aromatic rings. The normalized spacial score (nSPS) is 15.8. The first kappa shape index (κ1) is 30.9. The van der Waals surface area contributed by atoms with E-state index in [0.717, 1.165) is 18.6 Å². The lowest BCUT2D eigenvalue weighted by Gasteiger charge is -2.20. The molecule has 0 atom stereocenters. The van der Waals surface area contributed by atoms with E-state index in [2.05, 4.69) is 17.0 Å². The van der Waals surface area contributed by atoms with Crippen molar-refractivity contribution in [3.8, 4) is 23.0 Å². The highest BCUT2D eigenvalue weighted by atomic mass is 32.2. The molecule has 0 radical (unpaired) electrons. The maximum absolute atomic E-state index is 13.1. The van der Waals surface area contributed by atoms with Gasteiger partial charge in [-0.25, -0.2) is 0 Å².